The number of nitro benzene ring substituents is 1. The van der Waals surface area contributed by atoms with Crippen LogP contribution in [-0.2, 0) is 15.3 Å². The van der Waals surface area contributed by atoms with Crippen molar-refractivity contribution in [2.75, 3.05) is 7.11 Å². The summed E-state index contributed by atoms with van der Waals surface area (Å²) in [6.45, 7) is 1.46. The monoisotopic (exact) mass is 400 g/mol. The number of hydrogen-bond donors (Lipinski definition) is 0. The molecule has 27 heavy (non-hydrogen) atoms. The molecule has 2 aromatic carbocycles. The number of halogens is 3. The second-order valence-electron chi connectivity index (χ2n) is 5.31. The fourth-order valence-corrected chi connectivity index (χ4v) is 3.05. The Hall–Kier alpha value is -2.89. The number of benzene rings is 2. The highest BCUT2D eigenvalue weighted by atomic mass is 31.1. The van der Waals surface area contributed by atoms with E-state index in [0.29, 0.717) is 6.07 Å². The van der Waals surface area contributed by atoms with Gasteiger partial charge in [0.05, 0.1) is 16.1 Å². The van der Waals surface area contributed by atoms with Crippen molar-refractivity contribution in [2.24, 2.45) is 0 Å². The van der Waals surface area contributed by atoms with Gasteiger partial charge in [0.15, 0.2) is 0 Å². The summed E-state index contributed by atoms with van der Waals surface area (Å²) in [4.78, 5) is 10.4. The summed E-state index contributed by atoms with van der Waals surface area (Å²) in [5, 5.41) is 20.0. The molecule has 0 bridgehead atoms. The predicted molar refractivity (Wildman–Crippen MR) is 89.7 cm³/mol. The molecule has 2 rings (SSSR count). The minimum Gasteiger partial charge on any atom is -0.456 e. The van der Waals surface area contributed by atoms with Crippen molar-refractivity contribution in [3.05, 3.63) is 57.1 Å². The molecule has 0 radical (unpaired) electrons. The molecule has 1 atom stereocenters. The number of alkyl halides is 3. The minimum atomic E-state index is -4.63. The summed E-state index contributed by atoms with van der Waals surface area (Å²) >= 11 is 0. The highest BCUT2D eigenvalue weighted by molar-refractivity contribution is 7.48. The largest absolute Gasteiger partial charge is 0.456 e. The van der Waals surface area contributed by atoms with Crippen LogP contribution >= 0.6 is 8.03 Å². The topological polar surface area (TPSA) is 102 Å². The lowest BCUT2D eigenvalue weighted by Crippen LogP contribution is -2.08. The van der Waals surface area contributed by atoms with E-state index in [9.17, 15) is 27.9 Å². The van der Waals surface area contributed by atoms with E-state index < -0.39 is 30.4 Å². The van der Waals surface area contributed by atoms with E-state index in [1.165, 1.54) is 6.92 Å². The third-order valence-corrected chi connectivity index (χ3v) is 4.75. The summed E-state index contributed by atoms with van der Waals surface area (Å²) < 4.78 is 60.4. The van der Waals surface area contributed by atoms with Crippen molar-refractivity contribution in [3.63, 3.8) is 0 Å². The Morgan fingerprint density at radius 2 is 1.89 bits per heavy atom. The van der Waals surface area contributed by atoms with Crippen LogP contribution < -0.4 is 10.0 Å². The van der Waals surface area contributed by atoms with Crippen LogP contribution in [0.5, 0.6) is 11.5 Å². The zero-order valence-electron chi connectivity index (χ0n) is 14.0. The van der Waals surface area contributed by atoms with Crippen LogP contribution in [0, 0.1) is 28.4 Å². The molecule has 0 saturated carbocycles. The number of rotatable bonds is 5. The van der Waals surface area contributed by atoms with Gasteiger partial charge < -0.3 is 9.26 Å². The molecule has 1 unspecified atom stereocenters. The van der Waals surface area contributed by atoms with Crippen molar-refractivity contribution < 1.29 is 31.9 Å². The van der Waals surface area contributed by atoms with Gasteiger partial charge in [0.2, 0.25) is 8.03 Å². The second-order valence-corrected chi connectivity index (χ2v) is 6.83. The van der Waals surface area contributed by atoms with Crippen molar-refractivity contribution in [3.8, 4) is 17.6 Å². The van der Waals surface area contributed by atoms with E-state index in [2.05, 4.69) is 4.52 Å². The first-order valence-corrected chi connectivity index (χ1v) is 8.56. The first kappa shape index (κ1) is 20.4. The van der Waals surface area contributed by atoms with Gasteiger partial charge in [-0.1, -0.05) is 0 Å². The molecule has 11 heteroatoms. The molecule has 0 fully saturated rings. The van der Waals surface area contributed by atoms with Gasteiger partial charge in [-0.05, 0) is 30.7 Å². The Kier molecular flexibility index (Phi) is 5.88. The molecule has 0 aliphatic heterocycles. The van der Waals surface area contributed by atoms with E-state index >= 15 is 0 Å². The predicted octanol–water partition coefficient (Wildman–Crippen LogP) is 4.33. The van der Waals surface area contributed by atoms with Gasteiger partial charge in [0.25, 0.3) is 5.69 Å². The summed E-state index contributed by atoms with van der Waals surface area (Å²) in [6, 6.07) is 6.20. The first-order valence-electron chi connectivity index (χ1n) is 7.25. The van der Waals surface area contributed by atoms with Crippen molar-refractivity contribution in [2.45, 2.75) is 13.1 Å². The highest BCUT2D eigenvalue weighted by Crippen LogP contribution is 2.36. The SMILES string of the molecule is CO[PH](=O)c1cc(Oc2ccc(C(F)(F)F)cc2C#N)c(C)cc1[N+](=O)[O-]. The van der Waals surface area contributed by atoms with Crippen LogP contribution in [0.1, 0.15) is 16.7 Å². The lowest BCUT2D eigenvalue weighted by Gasteiger charge is -2.13. The molecule has 0 amide bonds. The van der Waals surface area contributed by atoms with E-state index in [4.69, 9.17) is 10.00 Å². The summed E-state index contributed by atoms with van der Waals surface area (Å²) in [7, 11) is -1.82. The molecule has 0 aliphatic carbocycles. The summed E-state index contributed by atoms with van der Waals surface area (Å²) in [6.07, 6.45) is -4.63. The third-order valence-electron chi connectivity index (χ3n) is 3.54. The number of aryl methyl sites for hydroxylation is 1. The molecule has 0 aromatic heterocycles. The van der Waals surface area contributed by atoms with Gasteiger partial charge in [-0.2, -0.15) is 18.4 Å². The van der Waals surface area contributed by atoms with Crippen molar-refractivity contribution >= 4 is 19.0 Å². The van der Waals surface area contributed by atoms with E-state index in [1.54, 1.807) is 6.07 Å². The maximum Gasteiger partial charge on any atom is 0.416 e. The van der Waals surface area contributed by atoms with Crippen molar-refractivity contribution in [1.82, 2.24) is 0 Å². The lowest BCUT2D eigenvalue weighted by atomic mass is 10.1. The van der Waals surface area contributed by atoms with Crippen LogP contribution in [-0.4, -0.2) is 12.0 Å². The summed E-state index contributed by atoms with van der Waals surface area (Å²) in [5.74, 6) is -0.173. The van der Waals surface area contributed by atoms with Crippen molar-refractivity contribution in [1.29, 1.82) is 5.26 Å². The molecule has 0 heterocycles. The number of nitrogens with zero attached hydrogens (tertiary/aromatic N) is 2. The van der Waals surface area contributed by atoms with Gasteiger partial charge in [0, 0.05) is 19.2 Å². The van der Waals surface area contributed by atoms with E-state index in [1.807, 2.05) is 0 Å². The zero-order valence-corrected chi connectivity index (χ0v) is 15.0. The Bertz CT molecular complexity index is 970. The molecule has 0 N–H and O–H groups in total. The Labute approximate surface area is 152 Å². The average Bonchev–Trinajstić information content (AvgIpc) is 2.61. The average molecular weight is 400 g/mol. The molecule has 2 aromatic rings. The zero-order chi connectivity index (χ0) is 20.4. The van der Waals surface area contributed by atoms with Gasteiger partial charge in [0.1, 0.15) is 22.9 Å². The highest BCUT2D eigenvalue weighted by Gasteiger charge is 2.31. The number of nitriles is 1. The minimum absolute atomic E-state index is 0.00209. The van der Waals surface area contributed by atoms with Crippen LogP contribution in [0.2, 0.25) is 0 Å². The second kappa shape index (κ2) is 7.78. The van der Waals surface area contributed by atoms with Gasteiger partial charge in [-0.15, -0.1) is 0 Å². The summed E-state index contributed by atoms with van der Waals surface area (Å²) in [5.41, 5.74) is -1.56. The Balaban J connectivity index is 2.53. The molecule has 142 valence electrons. The fraction of sp³-hybridized carbons (Fsp3) is 0.188. The quantitative estimate of drug-likeness (QED) is 0.420. The number of ether oxygens (including phenoxy) is 1. The molecule has 0 aliphatic rings. The fourth-order valence-electron chi connectivity index (χ4n) is 2.21. The normalized spacial score (nSPS) is 12.3. The van der Waals surface area contributed by atoms with Gasteiger partial charge >= 0.3 is 6.18 Å². The van der Waals surface area contributed by atoms with Gasteiger partial charge in [-0.25, -0.2) is 0 Å². The van der Waals surface area contributed by atoms with E-state index in [0.717, 1.165) is 31.4 Å². The maximum atomic E-state index is 12.8. The van der Waals surface area contributed by atoms with Gasteiger partial charge in [-0.3, -0.25) is 14.7 Å². The maximum absolute atomic E-state index is 12.8. The van der Waals surface area contributed by atoms with Crippen LogP contribution in [0.25, 0.3) is 0 Å². The standard InChI is InChI=1S/C16H12F3N2O5P/c1-9-5-12(21(22)23)15(27(24)25-2)7-14(9)26-13-4-3-11(16(17,18)19)6-10(13)8-20/h3-7,27H,1-2H3. The van der Waals surface area contributed by atoms with E-state index in [-0.39, 0.29) is 27.9 Å². The molecule has 7 nitrogen and oxygen atoms in total. The van der Waals surface area contributed by atoms with Crippen LogP contribution in [0.3, 0.4) is 0 Å². The number of hydrogen-bond acceptors (Lipinski definition) is 6. The Morgan fingerprint density at radius 3 is 2.41 bits per heavy atom. The Morgan fingerprint density at radius 1 is 1.22 bits per heavy atom. The smallest absolute Gasteiger partial charge is 0.416 e. The molecular formula is C16H12F3N2O5P. The number of nitro groups is 1. The molecule has 0 spiro atoms. The molecular weight excluding hydrogens is 388 g/mol. The third kappa shape index (κ3) is 4.45. The van der Waals surface area contributed by atoms with Crippen LogP contribution in [0.15, 0.2) is 30.3 Å². The first-order chi connectivity index (χ1) is 12.6. The molecule has 0 saturated heterocycles. The van der Waals surface area contributed by atoms with Crippen LogP contribution in [0.4, 0.5) is 18.9 Å². The lowest BCUT2D eigenvalue weighted by molar-refractivity contribution is -0.383.